The molecule has 34 heavy (non-hydrogen) atoms. The van der Waals surface area contributed by atoms with E-state index in [1.807, 2.05) is 0 Å². The van der Waals surface area contributed by atoms with Crippen LogP contribution in [0, 0.1) is 0 Å². The third-order valence-electron chi connectivity index (χ3n) is 6.75. The van der Waals surface area contributed by atoms with Gasteiger partial charge in [-0.2, -0.15) is 0 Å². The maximum atomic E-state index is 13.1. The van der Waals surface area contributed by atoms with E-state index in [0.717, 1.165) is 37.2 Å². The van der Waals surface area contributed by atoms with Crippen molar-refractivity contribution in [3.63, 3.8) is 0 Å². The maximum absolute atomic E-state index is 13.1. The summed E-state index contributed by atoms with van der Waals surface area (Å²) in [7, 11) is 0. The minimum atomic E-state index is -0.689. The van der Waals surface area contributed by atoms with Crippen molar-refractivity contribution in [2.24, 2.45) is 0 Å². The van der Waals surface area contributed by atoms with Crippen LogP contribution in [0.15, 0.2) is 48.5 Å². The van der Waals surface area contributed by atoms with Gasteiger partial charge in [-0.3, -0.25) is 14.4 Å². The van der Waals surface area contributed by atoms with E-state index in [2.05, 4.69) is 4.74 Å². The fraction of sp³-hybridized carbons (Fsp3) is 0.0385. The lowest BCUT2D eigenvalue weighted by Gasteiger charge is -2.28. The topological polar surface area (TPSA) is 107 Å². The second kappa shape index (κ2) is 6.14. The zero-order chi connectivity index (χ0) is 23.3. The summed E-state index contributed by atoms with van der Waals surface area (Å²) in [6.07, 6.45) is 0. The van der Waals surface area contributed by atoms with Gasteiger partial charge < -0.3 is 9.47 Å². The fourth-order valence-electron chi connectivity index (χ4n) is 5.38. The Hall–Kier alpha value is -4.85. The molecule has 0 atom stereocenters. The predicted molar refractivity (Wildman–Crippen MR) is 120 cm³/mol. The molecular formula is C26H11NO7. The molecule has 2 heterocycles. The van der Waals surface area contributed by atoms with Gasteiger partial charge >= 0.3 is 11.9 Å². The largest absolute Gasteiger partial charge is 0.446 e. The Kier molecular flexibility index (Phi) is 3.37. The first kappa shape index (κ1) is 18.7. The Morgan fingerprint density at radius 2 is 1.03 bits per heavy atom. The van der Waals surface area contributed by atoms with Gasteiger partial charge in [0.05, 0.1) is 11.1 Å². The van der Waals surface area contributed by atoms with E-state index in [-0.39, 0.29) is 6.47 Å². The molecule has 0 unspecified atom stereocenters. The molecule has 5 aromatic carbocycles. The van der Waals surface area contributed by atoms with Crippen molar-refractivity contribution >= 4 is 73.3 Å². The van der Waals surface area contributed by atoms with Crippen LogP contribution in [-0.4, -0.2) is 41.9 Å². The van der Waals surface area contributed by atoms with E-state index in [0.29, 0.717) is 33.0 Å². The Labute approximate surface area is 189 Å². The smallest absolute Gasteiger partial charge is 0.346 e. The molecule has 0 aliphatic carbocycles. The lowest BCUT2D eigenvalue weighted by Crippen LogP contribution is -2.41. The van der Waals surface area contributed by atoms with Crippen molar-refractivity contribution in [1.29, 1.82) is 0 Å². The summed E-state index contributed by atoms with van der Waals surface area (Å²) in [5.41, 5.74) is 1.30. The summed E-state index contributed by atoms with van der Waals surface area (Å²) in [4.78, 5) is 62.6. The minimum Gasteiger partial charge on any atom is -0.446 e. The van der Waals surface area contributed by atoms with Gasteiger partial charge in [0, 0.05) is 21.9 Å². The number of carbonyl (C=O) groups is 5. The van der Waals surface area contributed by atoms with E-state index >= 15 is 0 Å². The standard InChI is InChI=1S/C26H11NO7/c28-10-33-9-27-23(29)15-5-1-11-13-3-7-17-22-18(26(32)34-25(17)31)8-4-14(20(13)22)12-2-6-16(24(27)30)21(15)19(11)12/h1-8,10H,9H2. The molecular weight excluding hydrogens is 438 g/mol. The lowest BCUT2D eigenvalue weighted by molar-refractivity contribution is -0.131. The first-order chi connectivity index (χ1) is 16.5. The molecule has 0 radical (unpaired) electrons. The summed E-state index contributed by atoms with van der Waals surface area (Å²) in [6, 6.07) is 13.8. The normalized spacial score (nSPS) is 15.1. The van der Waals surface area contributed by atoms with Crippen molar-refractivity contribution in [1.82, 2.24) is 4.90 Å². The third kappa shape index (κ3) is 2.05. The number of hydrogen-bond donors (Lipinski definition) is 0. The first-order valence-electron chi connectivity index (χ1n) is 10.4. The predicted octanol–water partition coefficient (Wildman–Crippen LogP) is 3.77. The van der Waals surface area contributed by atoms with Gasteiger partial charge in [-0.15, -0.1) is 0 Å². The van der Waals surface area contributed by atoms with E-state index in [1.165, 1.54) is 0 Å². The van der Waals surface area contributed by atoms with Crippen LogP contribution < -0.4 is 0 Å². The number of rotatable bonds is 3. The van der Waals surface area contributed by atoms with Crippen LogP contribution in [0.4, 0.5) is 0 Å². The molecule has 2 aliphatic rings. The molecule has 8 heteroatoms. The van der Waals surface area contributed by atoms with Crippen molar-refractivity contribution < 1.29 is 33.4 Å². The highest BCUT2D eigenvalue weighted by Gasteiger charge is 2.35. The van der Waals surface area contributed by atoms with Gasteiger partial charge in [0.25, 0.3) is 18.3 Å². The van der Waals surface area contributed by atoms with Crippen molar-refractivity contribution in [3.05, 3.63) is 70.8 Å². The monoisotopic (exact) mass is 449 g/mol. The highest BCUT2D eigenvalue weighted by molar-refractivity contribution is 6.40. The van der Waals surface area contributed by atoms with E-state index in [4.69, 9.17) is 4.74 Å². The SMILES string of the molecule is O=COCN1C(=O)c2ccc3c4ccc5c6c(ccc(c7ccc(c2c37)C1=O)c64)C(=O)OC5=O. The van der Waals surface area contributed by atoms with Crippen molar-refractivity contribution in [3.8, 4) is 0 Å². The molecule has 0 saturated heterocycles. The van der Waals surface area contributed by atoms with Gasteiger partial charge in [0.15, 0.2) is 6.73 Å². The number of cyclic esters (lactones) is 2. The summed E-state index contributed by atoms with van der Waals surface area (Å²) in [6.45, 7) is -0.283. The van der Waals surface area contributed by atoms with Crippen LogP contribution >= 0.6 is 0 Å². The molecule has 0 spiro atoms. The molecule has 7 rings (SSSR count). The number of hydrogen-bond acceptors (Lipinski definition) is 7. The highest BCUT2D eigenvalue weighted by atomic mass is 16.6. The zero-order valence-electron chi connectivity index (χ0n) is 17.2. The van der Waals surface area contributed by atoms with Crippen molar-refractivity contribution in [2.75, 3.05) is 6.73 Å². The van der Waals surface area contributed by atoms with E-state index in [1.54, 1.807) is 48.5 Å². The van der Waals surface area contributed by atoms with Gasteiger partial charge in [-0.05, 0) is 56.6 Å². The Morgan fingerprint density at radius 1 is 0.618 bits per heavy atom. The van der Waals surface area contributed by atoms with Crippen LogP contribution in [0.2, 0.25) is 0 Å². The molecule has 5 aromatic rings. The summed E-state index contributed by atoms with van der Waals surface area (Å²) in [5.74, 6) is -2.47. The second-order valence-corrected chi connectivity index (χ2v) is 8.25. The maximum Gasteiger partial charge on any atom is 0.346 e. The zero-order valence-corrected chi connectivity index (χ0v) is 17.2. The summed E-state index contributed by atoms with van der Waals surface area (Å²) < 4.78 is 9.57. The molecule has 0 fully saturated rings. The van der Waals surface area contributed by atoms with Gasteiger partial charge in [0.1, 0.15) is 0 Å². The molecule has 8 nitrogen and oxygen atoms in total. The molecule has 0 N–H and O–H groups in total. The number of imide groups is 1. The number of ether oxygens (including phenoxy) is 2. The Balaban J connectivity index is 1.66. The molecule has 0 aromatic heterocycles. The number of benzene rings is 5. The number of amides is 2. The molecule has 162 valence electrons. The second-order valence-electron chi connectivity index (χ2n) is 8.25. The fourth-order valence-corrected chi connectivity index (χ4v) is 5.38. The van der Waals surface area contributed by atoms with E-state index < -0.39 is 30.5 Å². The third-order valence-corrected chi connectivity index (χ3v) is 6.75. The Morgan fingerprint density at radius 3 is 1.47 bits per heavy atom. The number of esters is 2. The quantitative estimate of drug-likeness (QED) is 0.103. The minimum absolute atomic E-state index is 0.186. The van der Waals surface area contributed by atoms with Gasteiger partial charge in [0.2, 0.25) is 0 Å². The summed E-state index contributed by atoms with van der Waals surface area (Å²) >= 11 is 0. The van der Waals surface area contributed by atoms with Crippen LogP contribution in [0.25, 0.3) is 43.1 Å². The molecule has 2 aliphatic heterocycles. The summed E-state index contributed by atoms with van der Waals surface area (Å²) in [5, 5.41) is 5.73. The van der Waals surface area contributed by atoms with E-state index in [9.17, 15) is 24.0 Å². The van der Waals surface area contributed by atoms with Crippen LogP contribution in [-0.2, 0) is 14.3 Å². The van der Waals surface area contributed by atoms with Gasteiger partial charge in [-0.1, -0.05) is 24.3 Å². The first-order valence-corrected chi connectivity index (χ1v) is 10.4. The van der Waals surface area contributed by atoms with Gasteiger partial charge in [-0.25, -0.2) is 14.5 Å². The molecule has 0 bridgehead atoms. The Bertz CT molecular complexity index is 1720. The van der Waals surface area contributed by atoms with Crippen LogP contribution in [0.5, 0.6) is 0 Å². The number of carbonyl (C=O) groups excluding carboxylic acids is 5. The number of fused-ring (bicyclic) bond motifs is 2. The number of nitrogens with zero attached hydrogens (tertiary/aromatic N) is 1. The lowest BCUT2D eigenvalue weighted by atomic mass is 9.83. The van der Waals surface area contributed by atoms with Crippen LogP contribution in [0.3, 0.4) is 0 Å². The highest BCUT2D eigenvalue weighted by Crippen LogP contribution is 2.45. The average Bonchev–Trinajstić information content (AvgIpc) is 2.84. The van der Waals surface area contributed by atoms with Crippen LogP contribution in [0.1, 0.15) is 41.4 Å². The molecule has 0 saturated carbocycles. The molecule has 2 amide bonds. The van der Waals surface area contributed by atoms with Crippen molar-refractivity contribution in [2.45, 2.75) is 0 Å². The average molecular weight is 449 g/mol.